The molecule has 0 atom stereocenters. The highest BCUT2D eigenvalue weighted by atomic mass is 15.0. The predicted octanol–water partition coefficient (Wildman–Crippen LogP) is 13.0. The topological polar surface area (TPSA) is 62.5 Å². The highest BCUT2D eigenvalue weighted by Crippen LogP contribution is 2.62. The van der Waals surface area contributed by atoms with Crippen LogP contribution in [0.4, 0.5) is 0 Å². The lowest BCUT2D eigenvalue weighted by Crippen LogP contribution is -2.48. The van der Waals surface area contributed by atoms with Crippen LogP contribution in [-0.4, -0.2) is 15.0 Å². The van der Waals surface area contributed by atoms with Crippen LogP contribution in [0.1, 0.15) is 93.7 Å². The van der Waals surface area contributed by atoms with E-state index in [4.69, 9.17) is 15.0 Å². The molecule has 0 N–H and O–H groups in total. The number of aromatic nitrogens is 3. The SMILES string of the molecule is N#Cc1ccc(-c2ccc(-c3nc(-c4ccccc4)nc(-c4ccc(C56CC7CC(CC(C7)C5)C6)cc4)n3)c(-c3ccc(C45CC6CC(CC(C6)C4)C5)cc3)c2)cc1. The molecular weight excluding hydrogens is 705 g/mol. The van der Waals surface area contributed by atoms with E-state index in [0.29, 0.717) is 33.9 Å². The molecule has 1 aromatic heterocycles. The Bertz CT molecular complexity index is 2490. The number of nitrogens with zero attached hydrogens (tertiary/aromatic N) is 4. The van der Waals surface area contributed by atoms with Gasteiger partial charge in [-0.15, -0.1) is 0 Å². The smallest absolute Gasteiger partial charge is 0.164 e. The molecule has 0 aliphatic heterocycles. The summed E-state index contributed by atoms with van der Waals surface area (Å²) >= 11 is 0. The van der Waals surface area contributed by atoms with E-state index < -0.39 is 0 Å². The monoisotopic (exact) mass is 754 g/mol. The van der Waals surface area contributed by atoms with Crippen LogP contribution in [0.25, 0.3) is 56.4 Å². The zero-order valence-electron chi connectivity index (χ0n) is 33.3. The number of rotatable bonds is 7. The summed E-state index contributed by atoms with van der Waals surface area (Å²) in [5, 5.41) is 9.50. The van der Waals surface area contributed by atoms with Crippen molar-refractivity contribution in [1.82, 2.24) is 15.0 Å². The Morgan fingerprint density at radius 1 is 0.397 bits per heavy atom. The molecule has 8 bridgehead atoms. The van der Waals surface area contributed by atoms with E-state index >= 15 is 0 Å². The maximum Gasteiger partial charge on any atom is 0.164 e. The normalized spacial score (nSPS) is 30.1. The predicted molar refractivity (Wildman–Crippen MR) is 231 cm³/mol. The third kappa shape index (κ3) is 5.87. The molecule has 0 amide bonds. The minimum absolute atomic E-state index is 0.347. The Hall–Kier alpha value is -5.40. The van der Waals surface area contributed by atoms with Crippen LogP contribution >= 0.6 is 0 Å². The molecule has 8 aliphatic rings. The van der Waals surface area contributed by atoms with E-state index in [1.165, 1.54) is 93.7 Å². The van der Waals surface area contributed by atoms with Gasteiger partial charge in [-0.2, -0.15) is 5.26 Å². The molecule has 1 heterocycles. The Morgan fingerprint density at radius 2 is 0.810 bits per heavy atom. The number of benzene rings is 5. The second-order valence-corrected chi connectivity index (χ2v) is 19.7. The van der Waals surface area contributed by atoms with Crippen molar-refractivity contribution < 1.29 is 0 Å². The van der Waals surface area contributed by atoms with Crippen LogP contribution in [0.5, 0.6) is 0 Å². The fraction of sp³-hybridized carbons (Fsp3) is 0.370. The van der Waals surface area contributed by atoms with Crippen LogP contribution < -0.4 is 0 Å². The van der Waals surface area contributed by atoms with Gasteiger partial charge in [0.05, 0.1) is 11.6 Å². The molecule has 5 aromatic carbocycles. The summed E-state index contributed by atoms with van der Waals surface area (Å²) in [5.41, 5.74) is 11.9. The Balaban J connectivity index is 0.962. The van der Waals surface area contributed by atoms with Gasteiger partial charge in [0.2, 0.25) is 0 Å². The van der Waals surface area contributed by atoms with Crippen molar-refractivity contribution in [2.75, 3.05) is 0 Å². The van der Waals surface area contributed by atoms with Crippen LogP contribution in [0, 0.1) is 46.8 Å². The summed E-state index contributed by atoms with van der Waals surface area (Å²) in [4.78, 5) is 15.7. The van der Waals surface area contributed by atoms with Gasteiger partial charge in [-0.3, -0.25) is 0 Å². The molecule has 8 aliphatic carbocycles. The maximum atomic E-state index is 9.50. The lowest BCUT2D eigenvalue weighted by Gasteiger charge is -2.57. The van der Waals surface area contributed by atoms with Crippen LogP contribution in [0.15, 0.2) is 121 Å². The summed E-state index contributed by atoms with van der Waals surface area (Å²) in [6, 6.07) is 46.2. The average molecular weight is 755 g/mol. The maximum absolute atomic E-state index is 9.50. The zero-order chi connectivity index (χ0) is 38.4. The van der Waals surface area contributed by atoms with Gasteiger partial charge in [-0.25, -0.2) is 15.0 Å². The summed E-state index contributed by atoms with van der Waals surface area (Å²) in [6.45, 7) is 0. The van der Waals surface area contributed by atoms with Crippen molar-refractivity contribution in [2.24, 2.45) is 35.5 Å². The van der Waals surface area contributed by atoms with Gasteiger partial charge in [0.1, 0.15) is 0 Å². The summed E-state index contributed by atoms with van der Waals surface area (Å²) in [5.74, 6) is 7.54. The Morgan fingerprint density at radius 3 is 1.29 bits per heavy atom. The summed E-state index contributed by atoms with van der Waals surface area (Å²) < 4.78 is 0. The van der Waals surface area contributed by atoms with E-state index in [2.05, 4.69) is 109 Å². The molecular formula is C54H50N4. The van der Waals surface area contributed by atoms with Crippen molar-refractivity contribution in [3.05, 3.63) is 138 Å². The van der Waals surface area contributed by atoms with Gasteiger partial charge in [0.25, 0.3) is 0 Å². The molecule has 14 rings (SSSR count). The fourth-order valence-corrected chi connectivity index (χ4v) is 14.1. The van der Waals surface area contributed by atoms with E-state index in [-0.39, 0.29) is 0 Å². The molecule has 0 radical (unpaired) electrons. The van der Waals surface area contributed by atoms with Gasteiger partial charge in [0.15, 0.2) is 17.5 Å². The van der Waals surface area contributed by atoms with E-state index in [1.807, 2.05) is 18.2 Å². The summed E-state index contributed by atoms with van der Waals surface area (Å²) in [6.07, 6.45) is 16.9. The molecule has 0 unspecified atom stereocenters. The highest BCUT2D eigenvalue weighted by Gasteiger charge is 2.52. The van der Waals surface area contributed by atoms with Crippen molar-refractivity contribution in [3.63, 3.8) is 0 Å². The third-order valence-electron chi connectivity index (χ3n) is 15.9. The largest absolute Gasteiger partial charge is 0.208 e. The molecule has 4 nitrogen and oxygen atoms in total. The van der Waals surface area contributed by atoms with Crippen molar-refractivity contribution in [3.8, 4) is 62.5 Å². The van der Waals surface area contributed by atoms with Gasteiger partial charge >= 0.3 is 0 Å². The first kappa shape index (κ1) is 34.6. The van der Waals surface area contributed by atoms with Crippen LogP contribution in [0.3, 0.4) is 0 Å². The molecule has 58 heavy (non-hydrogen) atoms. The molecule has 4 heteroatoms. The first-order valence-electron chi connectivity index (χ1n) is 22.1. The van der Waals surface area contributed by atoms with Gasteiger partial charge < -0.3 is 0 Å². The van der Waals surface area contributed by atoms with Gasteiger partial charge in [-0.1, -0.05) is 97.1 Å². The van der Waals surface area contributed by atoms with E-state index in [0.717, 1.165) is 68.9 Å². The standard InChI is InChI=1S/C54H50N4/c55-33-34-6-8-41(9-7-34)45-14-19-48(49(26-45)42-10-15-46(16-11-42)53-27-35-20-36(28-53)22-37(21-35)29-53)52-57-50(43-4-2-1-3-5-43)56-51(58-52)44-12-17-47(18-13-44)54-30-38-23-39(31-54)25-40(24-38)32-54/h1-19,26,35-40H,20-25,27-32H2. The number of nitriles is 1. The Labute approximate surface area is 342 Å². The first-order valence-corrected chi connectivity index (χ1v) is 22.1. The third-order valence-corrected chi connectivity index (χ3v) is 15.9. The quantitative estimate of drug-likeness (QED) is 0.163. The van der Waals surface area contributed by atoms with Gasteiger partial charge in [-0.05, 0) is 181 Å². The van der Waals surface area contributed by atoms with Crippen LogP contribution in [0.2, 0.25) is 0 Å². The minimum atomic E-state index is 0.347. The second-order valence-electron chi connectivity index (χ2n) is 19.7. The first-order chi connectivity index (χ1) is 28.5. The molecule has 0 spiro atoms. The zero-order valence-corrected chi connectivity index (χ0v) is 33.3. The minimum Gasteiger partial charge on any atom is -0.208 e. The molecule has 8 fully saturated rings. The molecule has 8 saturated carbocycles. The lowest BCUT2D eigenvalue weighted by molar-refractivity contribution is -0.00530. The second kappa shape index (κ2) is 13.3. The average Bonchev–Trinajstić information content (AvgIpc) is 3.25. The molecule has 0 saturated heterocycles. The van der Waals surface area contributed by atoms with Crippen LogP contribution in [-0.2, 0) is 10.8 Å². The molecule has 6 aromatic rings. The van der Waals surface area contributed by atoms with E-state index in [1.54, 1.807) is 0 Å². The summed E-state index contributed by atoms with van der Waals surface area (Å²) in [7, 11) is 0. The lowest BCUT2D eigenvalue weighted by atomic mass is 9.48. The highest BCUT2D eigenvalue weighted by molar-refractivity contribution is 5.86. The number of hydrogen-bond donors (Lipinski definition) is 0. The number of hydrogen-bond acceptors (Lipinski definition) is 4. The van der Waals surface area contributed by atoms with E-state index in [9.17, 15) is 5.26 Å². The molecule has 286 valence electrons. The van der Waals surface area contributed by atoms with Crippen molar-refractivity contribution in [2.45, 2.75) is 87.9 Å². The Kier molecular flexibility index (Phi) is 7.95. The van der Waals surface area contributed by atoms with Gasteiger partial charge in [0, 0.05) is 16.7 Å². The fourth-order valence-electron chi connectivity index (χ4n) is 14.1. The van der Waals surface area contributed by atoms with Crippen molar-refractivity contribution in [1.29, 1.82) is 5.26 Å². The van der Waals surface area contributed by atoms with Crippen molar-refractivity contribution >= 4 is 0 Å².